The van der Waals surface area contributed by atoms with Crippen LogP contribution in [-0.4, -0.2) is 31.9 Å². The van der Waals surface area contributed by atoms with E-state index in [4.69, 9.17) is 5.73 Å². The lowest BCUT2D eigenvalue weighted by atomic mass is 10.2. The molecule has 2 aromatic heterocycles. The number of rotatable bonds is 1. The summed E-state index contributed by atoms with van der Waals surface area (Å²) < 4.78 is 2.06. The lowest BCUT2D eigenvalue weighted by Crippen LogP contribution is -2.38. The normalized spacial score (nSPS) is 14.3. The van der Waals surface area contributed by atoms with Crippen molar-refractivity contribution in [2.75, 3.05) is 12.3 Å². The molecule has 0 bridgehead atoms. The van der Waals surface area contributed by atoms with Crippen LogP contribution >= 0.6 is 0 Å². The summed E-state index contributed by atoms with van der Waals surface area (Å²) in [7, 11) is 0. The molecule has 0 aliphatic carbocycles. The number of pyridine rings is 1. The molecule has 0 fully saturated rings. The van der Waals surface area contributed by atoms with Crippen LogP contribution in [0, 0.1) is 0 Å². The largest absolute Gasteiger partial charge is 0.397 e. The maximum Gasteiger partial charge on any atom is 0.272 e. The Morgan fingerprint density at radius 1 is 1.28 bits per heavy atom. The number of nitrogen functional groups attached to an aromatic ring is 1. The summed E-state index contributed by atoms with van der Waals surface area (Å²) in [5.41, 5.74) is 6.53. The second kappa shape index (κ2) is 4.14. The average molecular weight is 243 g/mol. The van der Waals surface area contributed by atoms with E-state index in [0.29, 0.717) is 24.5 Å². The molecule has 2 N–H and O–H groups in total. The van der Waals surface area contributed by atoms with Crippen molar-refractivity contribution in [3.05, 3.63) is 42.2 Å². The molecule has 0 unspecified atom stereocenters. The van der Waals surface area contributed by atoms with E-state index in [0.717, 1.165) is 12.4 Å². The Labute approximate surface area is 104 Å². The first-order valence-corrected chi connectivity index (χ1v) is 5.75. The van der Waals surface area contributed by atoms with Gasteiger partial charge >= 0.3 is 0 Å². The zero-order chi connectivity index (χ0) is 12.5. The van der Waals surface area contributed by atoms with E-state index in [1.807, 2.05) is 6.20 Å². The second-order valence-electron chi connectivity index (χ2n) is 4.24. The molecule has 6 nitrogen and oxygen atoms in total. The van der Waals surface area contributed by atoms with Crippen molar-refractivity contribution in [3.8, 4) is 0 Å². The summed E-state index contributed by atoms with van der Waals surface area (Å²) in [4.78, 5) is 22.3. The minimum atomic E-state index is -0.0794. The predicted molar refractivity (Wildman–Crippen MR) is 65.6 cm³/mol. The highest BCUT2D eigenvalue weighted by Crippen LogP contribution is 2.13. The number of anilines is 1. The Morgan fingerprint density at radius 3 is 2.94 bits per heavy atom. The fourth-order valence-corrected chi connectivity index (χ4v) is 2.04. The van der Waals surface area contributed by atoms with Gasteiger partial charge in [-0.05, 0) is 12.1 Å². The van der Waals surface area contributed by atoms with E-state index in [1.165, 1.54) is 6.20 Å². The Balaban J connectivity index is 1.80. The molecule has 1 aliphatic rings. The van der Waals surface area contributed by atoms with E-state index >= 15 is 0 Å². The van der Waals surface area contributed by atoms with Gasteiger partial charge in [0.05, 0.1) is 18.4 Å². The predicted octanol–water partition coefficient (Wildman–Crippen LogP) is 0.516. The van der Waals surface area contributed by atoms with E-state index in [2.05, 4.69) is 14.5 Å². The first-order valence-electron chi connectivity index (χ1n) is 5.75. The topological polar surface area (TPSA) is 77.0 Å². The van der Waals surface area contributed by atoms with Gasteiger partial charge in [-0.1, -0.05) is 0 Å². The fraction of sp³-hybridized carbons (Fsp3) is 0.250. The molecule has 3 heterocycles. The van der Waals surface area contributed by atoms with Gasteiger partial charge < -0.3 is 15.2 Å². The number of carbonyl (C=O) groups is 1. The highest BCUT2D eigenvalue weighted by atomic mass is 16.2. The van der Waals surface area contributed by atoms with Crippen LogP contribution in [0.4, 0.5) is 5.69 Å². The van der Waals surface area contributed by atoms with E-state index in [-0.39, 0.29) is 5.91 Å². The molecular formula is C12H13N5O. The summed E-state index contributed by atoms with van der Waals surface area (Å²) >= 11 is 0. The standard InChI is InChI=1S/C12H13N5O/c13-9-1-2-10(15-7-9)12(18)17-6-5-16-4-3-14-11(16)8-17/h1-4,7H,5-6,8,13H2. The summed E-state index contributed by atoms with van der Waals surface area (Å²) in [5.74, 6) is 0.828. The molecule has 2 aromatic rings. The Morgan fingerprint density at radius 2 is 2.17 bits per heavy atom. The summed E-state index contributed by atoms with van der Waals surface area (Å²) in [6.45, 7) is 1.97. The van der Waals surface area contributed by atoms with Crippen LogP contribution in [0.25, 0.3) is 0 Å². The van der Waals surface area contributed by atoms with Crippen molar-refractivity contribution in [2.24, 2.45) is 0 Å². The zero-order valence-corrected chi connectivity index (χ0v) is 9.78. The molecule has 0 saturated carbocycles. The van der Waals surface area contributed by atoms with Gasteiger partial charge in [-0.3, -0.25) is 4.79 Å². The number of carbonyl (C=O) groups excluding carboxylic acids is 1. The molecule has 18 heavy (non-hydrogen) atoms. The van der Waals surface area contributed by atoms with Gasteiger partial charge in [-0.2, -0.15) is 0 Å². The van der Waals surface area contributed by atoms with Crippen molar-refractivity contribution < 1.29 is 4.79 Å². The van der Waals surface area contributed by atoms with Gasteiger partial charge in [0.15, 0.2) is 0 Å². The molecule has 0 radical (unpaired) electrons. The molecule has 92 valence electrons. The van der Waals surface area contributed by atoms with Gasteiger partial charge in [-0.15, -0.1) is 0 Å². The summed E-state index contributed by atoms with van der Waals surface area (Å²) in [6.07, 6.45) is 5.18. The van der Waals surface area contributed by atoms with Crippen LogP contribution in [0.2, 0.25) is 0 Å². The molecule has 0 aromatic carbocycles. The summed E-state index contributed by atoms with van der Waals surface area (Å²) in [6, 6.07) is 3.34. The van der Waals surface area contributed by atoms with Crippen LogP contribution in [0.5, 0.6) is 0 Å². The molecule has 1 aliphatic heterocycles. The lowest BCUT2D eigenvalue weighted by Gasteiger charge is -2.27. The van der Waals surface area contributed by atoms with E-state index in [9.17, 15) is 4.79 Å². The van der Waals surface area contributed by atoms with E-state index < -0.39 is 0 Å². The van der Waals surface area contributed by atoms with Crippen LogP contribution < -0.4 is 5.73 Å². The Bertz CT molecular complexity index is 574. The number of hydrogen-bond acceptors (Lipinski definition) is 4. The number of fused-ring (bicyclic) bond motifs is 1. The van der Waals surface area contributed by atoms with Crippen molar-refractivity contribution in [3.63, 3.8) is 0 Å². The third-order valence-electron chi connectivity index (χ3n) is 3.04. The third-order valence-corrected chi connectivity index (χ3v) is 3.04. The number of nitrogens with two attached hydrogens (primary N) is 1. The molecule has 3 rings (SSSR count). The molecule has 0 atom stereocenters. The SMILES string of the molecule is Nc1ccc(C(=O)N2CCn3ccnc3C2)nc1. The van der Waals surface area contributed by atoms with Crippen LogP contribution in [-0.2, 0) is 13.1 Å². The summed E-state index contributed by atoms with van der Waals surface area (Å²) in [5, 5.41) is 0. The van der Waals surface area contributed by atoms with Gasteiger partial charge in [0.2, 0.25) is 0 Å². The zero-order valence-electron chi connectivity index (χ0n) is 9.78. The first kappa shape index (κ1) is 10.8. The Kier molecular flexibility index (Phi) is 2.47. The monoisotopic (exact) mass is 243 g/mol. The fourth-order valence-electron chi connectivity index (χ4n) is 2.04. The first-order chi connectivity index (χ1) is 8.74. The maximum absolute atomic E-state index is 12.2. The van der Waals surface area contributed by atoms with Crippen LogP contribution in [0.3, 0.4) is 0 Å². The number of nitrogens with zero attached hydrogens (tertiary/aromatic N) is 4. The van der Waals surface area contributed by atoms with Crippen LogP contribution in [0.15, 0.2) is 30.7 Å². The van der Waals surface area contributed by atoms with Crippen molar-refractivity contribution >= 4 is 11.6 Å². The smallest absolute Gasteiger partial charge is 0.272 e. The minimum absolute atomic E-state index is 0.0794. The van der Waals surface area contributed by atoms with Crippen molar-refractivity contribution in [1.82, 2.24) is 19.4 Å². The molecule has 6 heteroatoms. The van der Waals surface area contributed by atoms with E-state index in [1.54, 1.807) is 23.2 Å². The quantitative estimate of drug-likeness (QED) is 0.792. The Hall–Kier alpha value is -2.37. The van der Waals surface area contributed by atoms with Gasteiger partial charge in [0, 0.05) is 25.5 Å². The minimum Gasteiger partial charge on any atom is -0.397 e. The molecule has 0 saturated heterocycles. The third kappa shape index (κ3) is 1.81. The van der Waals surface area contributed by atoms with Crippen LogP contribution in [0.1, 0.15) is 16.3 Å². The second-order valence-corrected chi connectivity index (χ2v) is 4.24. The highest BCUT2D eigenvalue weighted by Gasteiger charge is 2.22. The number of aromatic nitrogens is 3. The van der Waals surface area contributed by atoms with Crippen molar-refractivity contribution in [1.29, 1.82) is 0 Å². The van der Waals surface area contributed by atoms with Gasteiger partial charge in [0.25, 0.3) is 5.91 Å². The number of hydrogen-bond donors (Lipinski definition) is 1. The lowest BCUT2D eigenvalue weighted by molar-refractivity contribution is 0.0701. The number of amides is 1. The van der Waals surface area contributed by atoms with Gasteiger partial charge in [0.1, 0.15) is 11.5 Å². The maximum atomic E-state index is 12.2. The molecule has 1 amide bonds. The highest BCUT2D eigenvalue weighted by molar-refractivity contribution is 5.92. The molecular weight excluding hydrogens is 230 g/mol. The average Bonchev–Trinajstić information content (AvgIpc) is 2.86. The molecule has 0 spiro atoms. The van der Waals surface area contributed by atoms with Crippen molar-refractivity contribution in [2.45, 2.75) is 13.1 Å². The van der Waals surface area contributed by atoms with Gasteiger partial charge in [-0.25, -0.2) is 9.97 Å². The number of imidazole rings is 1.